The van der Waals surface area contributed by atoms with Gasteiger partial charge in [-0.15, -0.1) is 0 Å². The van der Waals surface area contributed by atoms with Crippen molar-refractivity contribution in [1.82, 2.24) is 5.32 Å². The zero-order valence-electron chi connectivity index (χ0n) is 10.7. The van der Waals surface area contributed by atoms with Crippen LogP contribution in [-0.4, -0.2) is 39.0 Å². The molecule has 0 aliphatic carbocycles. The summed E-state index contributed by atoms with van der Waals surface area (Å²) in [6.07, 6.45) is 1.47. The number of ether oxygens (including phenoxy) is 2. The van der Waals surface area contributed by atoms with E-state index in [4.69, 9.17) is 9.47 Å². The monoisotopic (exact) mass is 217 g/mol. The second kappa shape index (κ2) is 10.4. The molecule has 0 spiro atoms. The highest BCUT2D eigenvalue weighted by Gasteiger charge is 2.12. The van der Waals surface area contributed by atoms with Gasteiger partial charge in [0.05, 0.1) is 19.3 Å². The van der Waals surface area contributed by atoms with E-state index in [-0.39, 0.29) is 0 Å². The molecular formula is C12H27NO2. The van der Waals surface area contributed by atoms with Gasteiger partial charge in [0.25, 0.3) is 0 Å². The van der Waals surface area contributed by atoms with E-state index in [9.17, 15) is 0 Å². The molecular weight excluding hydrogens is 190 g/mol. The lowest BCUT2D eigenvalue weighted by atomic mass is 10.1. The molecule has 15 heavy (non-hydrogen) atoms. The van der Waals surface area contributed by atoms with Crippen molar-refractivity contribution in [2.75, 3.05) is 32.9 Å². The van der Waals surface area contributed by atoms with Crippen LogP contribution in [0.3, 0.4) is 0 Å². The molecule has 3 heteroatoms. The maximum Gasteiger partial charge on any atom is 0.0723 e. The first kappa shape index (κ1) is 14.9. The van der Waals surface area contributed by atoms with Gasteiger partial charge in [-0.3, -0.25) is 0 Å². The molecule has 0 aliphatic rings. The van der Waals surface area contributed by atoms with Gasteiger partial charge in [-0.25, -0.2) is 0 Å². The van der Waals surface area contributed by atoms with Crippen molar-refractivity contribution >= 4 is 0 Å². The number of rotatable bonds is 10. The molecule has 3 nitrogen and oxygen atoms in total. The summed E-state index contributed by atoms with van der Waals surface area (Å²) < 4.78 is 11.0. The molecule has 0 radical (unpaired) electrons. The van der Waals surface area contributed by atoms with Crippen LogP contribution >= 0.6 is 0 Å². The molecule has 1 atom stereocenters. The van der Waals surface area contributed by atoms with E-state index in [1.807, 2.05) is 6.92 Å². The van der Waals surface area contributed by atoms with Gasteiger partial charge in [0, 0.05) is 13.2 Å². The maximum absolute atomic E-state index is 5.76. The van der Waals surface area contributed by atoms with Crippen molar-refractivity contribution < 1.29 is 9.47 Å². The van der Waals surface area contributed by atoms with Gasteiger partial charge in [-0.2, -0.15) is 0 Å². The van der Waals surface area contributed by atoms with Gasteiger partial charge in [0.15, 0.2) is 0 Å². The van der Waals surface area contributed by atoms with E-state index in [0.717, 1.165) is 19.7 Å². The summed E-state index contributed by atoms with van der Waals surface area (Å²) >= 11 is 0. The average Bonchev–Trinajstić information content (AvgIpc) is 2.21. The van der Waals surface area contributed by atoms with Crippen LogP contribution < -0.4 is 5.32 Å². The van der Waals surface area contributed by atoms with Crippen molar-refractivity contribution in [2.24, 2.45) is 5.92 Å². The van der Waals surface area contributed by atoms with E-state index in [0.29, 0.717) is 25.2 Å². The Balaban J connectivity index is 3.54. The standard InChI is InChI=1S/C12H27NO2/c1-5-7-13-10-12(11(3)4)15-9-8-14-6-2/h11-13H,5-10H2,1-4H3. The lowest BCUT2D eigenvalue weighted by Gasteiger charge is -2.22. The zero-order chi connectivity index (χ0) is 11.5. The molecule has 1 unspecified atom stereocenters. The minimum Gasteiger partial charge on any atom is -0.379 e. The van der Waals surface area contributed by atoms with Crippen molar-refractivity contribution in [2.45, 2.75) is 40.2 Å². The molecule has 0 saturated heterocycles. The van der Waals surface area contributed by atoms with Crippen LogP contribution in [0.15, 0.2) is 0 Å². The molecule has 0 fully saturated rings. The van der Waals surface area contributed by atoms with Crippen molar-refractivity contribution in [1.29, 1.82) is 0 Å². The fourth-order valence-corrected chi connectivity index (χ4v) is 1.31. The summed E-state index contributed by atoms with van der Waals surface area (Å²) in [7, 11) is 0. The van der Waals surface area contributed by atoms with Crippen molar-refractivity contribution in [3.05, 3.63) is 0 Å². The van der Waals surface area contributed by atoms with Gasteiger partial charge in [0.2, 0.25) is 0 Å². The van der Waals surface area contributed by atoms with Gasteiger partial charge in [-0.05, 0) is 25.8 Å². The Hall–Kier alpha value is -0.120. The third-order valence-electron chi connectivity index (χ3n) is 2.28. The number of hydrogen-bond donors (Lipinski definition) is 1. The van der Waals surface area contributed by atoms with Crippen molar-refractivity contribution in [3.8, 4) is 0 Å². The lowest BCUT2D eigenvalue weighted by Crippen LogP contribution is -2.34. The molecule has 92 valence electrons. The second-order valence-corrected chi connectivity index (χ2v) is 4.05. The Kier molecular flexibility index (Phi) is 10.3. The largest absolute Gasteiger partial charge is 0.379 e. The van der Waals surface area contributed by atoms with Gasteiger partial charge < -0.3 is 14.8 Å². The van der Waals surface area contributed by atoms with E-state index in [2.05, 4.69) is 26.1 Å². The molecule has 0 bridgehead atoms. The van der Waals surface area contributed by atoms with E-state index in [1.165, 1.54) is 6.42 Å². The SMILES string of the molecule is CCCNCC(OCCOCC)C(C)C. The number of hydrogen-bond acceptors (Lipinski definition) is 3. The number of nitrogens with one attached hydrogen (secondary N) is 1. The highest BCUT2D eigenvalue weighted by Crippen LogP contribution is 2.05. The Bertz CT molecular complexity index is 129. The fraction of sp³-hybridized carbons (Fsp3) is 1.00. The first-order chi connectivity index (χ1) is 7.22. The summed E-state index contributed by atoms with van der Waals surface area (Å²) in [5, 5.41) is 3.39. The van der Waals surface area contributed by atoms with Crippen molar-refractivity contribution in [3.63, 3.8) is 0 Å². The first-order valence-corrected chi connectivity index (χ1v) is 6.12. The average molecular weight is 217 g/mol. The van der Waals surface area contributed by atoms with Crippen LogP contribution in [0, 0.1) is 5.92 Å². The Morgan fingerprint density at radius 1 is 1.13 bits per heavy atom. The maximum atomic E-state index is 5.76. The van der Waals surface area contributed by atoms with Gasteiger partial charge >= 0.3 is 0 Å². The van der Waals surface area contributed by atoms with Crippen LogP contribution in [0.5, 0.6) is 0 Å². The predicted molar refractivity (Wildman–Crippen MR) is 64.2 cm³/mol. The van der Waals surface area contributed by atoms with Crippen LogP contribution in [-0.2, 0) is 9.47 Å². The molecule has 0 aliphatic heterocycles. The smallest absolute Gasteiger partial charge is 0.0723 e. The topological polar surface area (TPSA) is 30.5 Å². The molecule has 0 heterocycles. The third-order valence-corrected chi connectivity index (χ3v) is 2.28. The summed E-state index contributed by atoms with van der Waals surface area (Å²) in [5.74, 6) is 0.552. The molecule has 0 aromatic heterocycles. The van der Waals surface area contributed by atoms with Crippen LogP contribution in [0.4, 0.5) is 0 Å². The van der Waals surface area contributed by atoms with Crippen LogP contribution in [0.25, 0.3) is 0 Å². The minimum absolute atomic E-state index is 0.303. The van der Waals surface area contributed by atoms with Crippen LogP contribution in [0.1, 0.15) is 34.1 Å². The van der Waals surface area contributed by atoms with Crippen LogP contribution in [0.2, 0.25) is 0 Å². The molecule has 0 saturated carbocycles. The zero-order valence-corrected chi connectivity index (χ0v) is 10.7. The fourth-order valence-electron chi connectivity index (χ4n) is 1.31. The minimum atomic E-state index is 0.303. The lowest BCUT2D eigenvalue weighted by molar-refractivity contribution is -0.0118. The second-order valence-electron chi connectivity index (χ2n) is 4.05. The summed E-state index contributed by atoms with van der Waals surface area (Å²) in [6, 6.07) is 0. The summed E-state index contributed by atoms with van der Waals surface area (Å²) in [5.41, 5.74) is 0. The normalized spacial score (nSPS) is 13.4. The highest BCUT2D eigenvalue weighted by molar-refractivity contribution is 4.65. The molecule has 0 amide bonds. The Morgan fingerprint density at radius 2 is 1.87 bits per heavy atom. The summed E-state index contributed by atoms with van der Waals surface area (Å²) in [6.45, 7) is 12.7. The van der Waals surface area contributed by atoms with E-state index < -0.39 is 0 Å². The Labute approximate surface area is 94.5 Å². The van der Waals surface area contributed by atoms with E-state index in [1.54, 1.807) is 0 Å². The quantitative estimate of drug-likeness (QED) is 0.568. The Morgan fingerprint density at radius 3 is 2.40 bits per heavy atom. The highest BCUT2D eigenvalue weighted by atomic mass is 16.5. The molecule has 0 rings (SSSR count). The summed E-state index contributed by atoms with van der Waals surface area (Å²) in [4.78, 5) is 0. The molecule has 1 N–H and O–H groups in total. The molecule has 0 aromatic rings. The van der Waals surface area contributed by atoms with E-state index >= 15 is 0 Å². The van der Waals surface area contributed by atoms with Gasteiger partial charge in [0.1, 0.15) is 0 Å². The van der Waals surface area contributed by atoms with Gasteiger partial charge in [-0.1, -0.05) is 20.8 Å². The third kappa shape index (κ3) is 8.85. The predicted octanol–water partition coefficient (Wildman–Crippen LogP) is 2.06. The first-order valence-electron chi connectivity index (χ1n) is 6.12. The molecule has 0 aromatic carbocycles.